The van der Waals surface area contributed by atoms with Gasteiger partial charge in [-0.3, -0.25) is 0 Å². The largest absolute Gasteiger partial charge is 0.456 e. The Balaban J connectivity index is 2.54. The molecule has 0 unspecified atom stereocenters. The van der Waals surface area contributed by atoms with Crippen LogP contribution in [0.5, 0.6) is 0 Å². The zero-order chi connectivity index (χ0) is 13.7. The first-order chi connectivity index (χ1) is 8.97. The monoisotopic (exact) mass is 312 g/mol. The highest BCUT2D eigenvalue weighted by atomic mass is 35.5. The highest BCUT2D eigenvalue weighted by Crippen LogP contribution is 2.40. The van der Waals surface area contributed by atoms with E-state index in [0.717, 1.165) is 21.9 Å². The Hall–Kier alpha value is -0.890. The molecule has 0 aliphatic heterocycles. The maximum absolute atomic E-state index is 6.28. The van der Waals surface area contributed by atoms with E-state index in [9.17, 15) is 0 Å². The minimum atomic E-state index is 0.316. The number of hydrogen-bond donors (Lipinski definition) is 0. The second-order valence-electron chi connectivity index (χ2n) is 4.89. The lowest BCUT2D eigenvalue weighted by Crippen LogP contribution is -1.87. The van der Waals surface area contributed by atoms with Gasteiger partial charge in [-0.2, -0.15) is 0 Å². The summed E-state index contributed by atoms with van der Waals surface area (Å²) >= 11 is 18.5. The first-order valence-electron chi connectivity index (χ1n) is 5.98. The summed E-state index contributed by atoms with van der Waals surface area (Å²) < 4.78 is 5.93. The minimum Gasteiger partial charge on any atom is -0.456 e. The zero-order valence-electron chi connectivity index (χ0n) is 10.4. The summed E-state index contributed by atoms with van der Waals surface area (Å²) in [6.45, 7) is 4.21. The van der Waals surface area contributed by atoms with Crippen LogP contribution in [0, 0.1) is 0 Å². The van der Waals surface area contributed by atoms with Crippen LogP contribution in [-0.4, -0.2) is 0 Å². The molecular weight excluding hydrogens is 303 g/mol. The molecule has 0 bridgehead atoms. The normalized spacial score (nSPS) is 11.9. The van der Waals surface area contributed by atoms with Gasteiger partial charge in [0.1, 0.15) is 11.2 Å². The molecule has 3 rings (SSSR count). The van der Waals surface area contributed by atoms with Gasteiger partial charge in [-0.15, -0.1) is 0 Å². The molecule has 1 nitrogen and oxygen atoms in total. The second kappa shape index (κ2) is 4.59. The molecule has 0 saturated carbocycles. The number of fused-ring (bicyclic) bond motifs is 3. The Labute approximate surface area is 126 Å². The summed E-state index contributed by atoms with van der Waals surface area (Å²) in [6.07, 6.45) is 0. The molecule has 0 spiro atoms. The Kier molecular flexibility index (Phi) is 3.17. The number of halogens is 3. The fraction of sp³-hybridized carbons (Fsp3) is 0.200. The molecule has 0 aliphatic carbocycles. The smallest absolute Gasteiger partial charge is 0.139 e. The van der Waals surface area contributed by atoms with Crippen molar-refractivity contribution in [3.63, 3.8) is 0 Å². The molecule has 1 heterocycles. The SMILES string of the molecule is CC(C)c1cc(Cl)cc2c1oc1cc(Cl)cc(Cl)c12. The summed E-state index contributed by atoms with van der Waals surface area (Å²) in [5.41, 5.74) is 2.60. The molecule has 3 aromatic rings. The van der Waals surface area contributed by atoms with Gasteiger partial charge < -0.3 is 4.42 Å². The van der Waals surface area contributed by atoms with Crippen LogP contribution in [0.4, 0.5) is 0 Å². The van der Waals surface area contributed by atoms with Crippen LogP contribution < -0.4 is 0 Å². The molecular formula is C15H11Cl3O. The van der Waals surface area contributed by atoms with Crippen molar-refractivity contribution in [2.45, 2.75) is 19.8 Å². The molecule has 19 heavy (non-hydrogen) atoms. The first kappa shape index (κ1) is 13.1. The molecule has 0 atom stereocenters. The van der Waals surface area contributed by atoms with E-state index in [4.69, 9.17) is 39.2 Å². The molecule has 98 valence electrons. The maximum atomic E-state index is 6.28. The van der Waals surface area contributed by atoms with Crippen molar-refractivity contribution < 1.29 is 4.42 Å². The van der Waals surface area contributed by atoms with Gasteiger partial charge in [0, 0.05) is 26.9 Å². The van der Waals surface area contributed by atoms with Crippen LogP contribution in [-0.2, 0) is 0 Å². The molecule has 4 heteroatoms. The lowest BCUT2D eigenvalue weighted by atomic mass is 10.0. The van der Waals surface area contributed by atoms with Gasteiger partial charge in [-0.05, 0) is 29.7 Å². The van der Waals surface area contributed by atoms with Gasteiger partial charge in [0.05, 0.1) is 5.02 Å². The summed E-state index contributed by atoms with van der Waals surface area (Å²) in [5, 5.41) is 3.63. The fourth-order valence-electron chi connectivity index (χ4n) is 2.34. The Morgan fingerprint density at radius 3 is 2.32 bits per heavy atom. The van der Waals surface area contributed by atoms with Crippen LogP contribution in [0.1, 0.15) is 25.3 Å². The topological polar surface area (TPSA) is 13.1 Å². The van der Waals surface area contributed by atoms with Gasteiger partial charge in [0.25, 0.3) is 0 Å². The predicted molar refractivity (Wildman–Crippen MR) is 82.8 cm³/mol. The van der Waals surface area contributed by atoms with Gasteiger partial charge in [-0.25, -0.2) is 0 Å². The van der Waals surface area contributed by atoms with Gasteiger partial charge in [0.2, 0.25) is 0 Å². The zero-order valence-corrected chi connectivity index (χ0v) is 12.7. The van der Waals surface area contributed by atoms with E-state index in [1.807, 2.05) is 12.1 Å². The molecule has 0 amide bonds. The van der Waals surface area contributed by atoms with E-state index in [2.05, 4.69) is 13.8 Å². The van der Waals surface area contributed by atoms with Crippen LogP contribution in [0.2, 0.25) is 15.1 Å². The third kappa shape index (κ3) is 2.10. The third-order valence-corrected chi connectivity index (χ3v) is 3.94. The summed E-state index contributed by atoms with van der Waals surface area (Å²) in [5.74, 6) is 0.316. The molecule has 0 radical (unpaired) electrons. The predicted octanol–water partition coefficient (Wildman–Crippen LogP) is 6.67. The van der Waals surface area contributed by atoms with Crippen LogP contribution in [0.3, 0.4) is 0 Å². The molecule has 0 saturated heterocycles. The van der Waals surface area contributed by atoms with E-state index in [-0.39, 0.29) is 0 Å². The number of furan rings is 1. The van der Waals surface area contributed by atoms with Crippen molar-refractivity contribution in [2.24, 2.45) is 0 Å². The molecule has 0 N–H and O–H groups in total. The Morgan fingerprint density at radius 2 is 1.63 bits per heavy atom. The molecule has 1 aromatic heterocycles. The first-order valence-corrected chi connectivity index (χ1v) is 7.11. The molecule has 0 fully saturated rings. The lowest BCUT2D eigenvalue weighted by Gasteiger charge is -2.06. The van der Waals surface area contributed by atoms with Crippen molar-refractivity contribution in [1.82, 2.24) is 0 Å². The summed E-state index contributed by atoms with van der Waals surface area (Å²) in [6, 6.07) is 7.32. The number of rotatable bonds is 1. The summed E-state index contributed by atoms with van der Waals surface area (Å²) in [4.78, 5) is 0. The van der Waals surface area contributed by atoms with E-state index in [0.29, 0.717) is 26.6 Å². The quantitative estimate of drug-likeness (QED) is 0.489. The van der Waals surface area contributed by atoms with Crippen LogP contribution in [0.25, 0.3) is 21.9 Å². The van der Waals surface area contributed by atoms with E-state index < -0.39 is 0 Å². The van der Waals surface area contributed by atoms with E-state index in [1.54, 1.807) is 12.1 Å². The Morgan fingerprint density at radius 1 is 0.947 bits per heavy atom. The van der Waals surface area contributed by atoms with Crippen LogP contribution in [0.15, 0.2) is 28.7 Å². The number of benzene rings is 2. The van der Waals surface area contributed by atoms with E-state index >= 15 is 0 Å². The van der Waals surface area contributed by atoms with Crippen LogP contribution >= 0.6 is 34.8 Å². The van der Waals surface area contributed by atoms with Crippen molar-refractivity contribution >= 4 is 56.7 Å². The highest BCUT2D eigenvalue weighted by molar-refractivity contribution is 6.40. The average Bonchev–Trinajstić information content (AvgIpc) is 2.65. The van der Waals surface area contributed by atoms with Crippen molar-refractivity contribution in [2.75, 3.05) is 0 Å². The second-order valence-corrected chi connectivity index (χ2v) is 6.17. The minimum absolute atomic E-state index is 0.316. The van der Waals surface area contributed by atoms with Gasteiger partial charge in [0.15, 0.2) is 0 Å². The van der Waals surface area contributed by atoms with Gasteiger partial charge in [-0.1, -0.05) is 48.7 Å². The standard InChI is InChI=1S/C15H11Cl3O/c1-7(2)10-3-8(16)4-11-14-12(18)5-9(17)6-13(14)19-15(10)11/h3-7H,1-2H3. The van der Waals surface area contributed by atoms with Crippen molar-refractivity contribution in [1.29, 1.82) is 0 Å². The number of hydrogen-bond acceptors (Lipinski definition) is 1. The molecule has 2 aromatic carbocycles. The fourth-order valence-corrected chi connectivity index (χ4v) is 3.15. The van der Waals surface area contributed by atoms with Crippen molar-refractivity contribution in [3.8, 4) is 0 Å². The van der Waals surface area contributed by atoms with Crippen molar-refractivity contribution in [3.05, 3.63) is 44.9 Å². The maximum Gasteiger partial charge on any atom is 0.139 e. The average molecular weight is 314 g/mol. The summed E-state index contributed by atoms with van der Waals surface area (Å²) in [7, 11) is 0. The lowest BCUT2D eigenvalue weighted by molar-refractivity contribution is 0.657. The van der Waals surface area contributed by atoms with E-state index in [1.165, 1.54) is 0 Å². The Bertz CT molecular complexity index is 787. The van der Waals surface area contributed by atoms with Gasteiger partial charge >= 0.3 is 0 Å². The third-order valence-electron chi connectivity index (χ3n) is 3.20. The highest BCUT2D eigenvalue weighted by Gasteiger charge is 2.16. The molecule has 0 aliphatic rings.